The number of primary amides is 1. The lowest BCUT2D eigenvalue weighted by Crippen LogP contribution is -2.21. The van der Waals surface area contributed by atoms with Crippen LogP contribution in [0.2, 0.25) is 0 Å². The second kappa shape index (κ2) is 5.73. The Labute approximate surface area is 123 Å². The van der Waals surface area contributed by atoms with Crippen molar-refractivity contribution in [1.82, 2.24) is 14.9 Å². The SMILES string of the molecule is CCCN1CCC(c2nc3c(OC(N)=O)cccc3[nH]2)C1. The molecule has 0 spiro atoms. The first-order valence-electron chi connectivity index (χ1n) is 7.35. The number of aromatic amines is 1. The summed E-state index contributed by atoms with van der Waals surface area (Å²) in [5.41, 5.74) is 6.63. The molecule has 1 aliphatic heterocycles. The van der Waals surface area contributed by atoms with Gasteiger partial charge in [0.15, 0.2) is 5.75 Å². The van der Waals surface area contributed by atoms with Crippen LogP contribution in [0.5, 0.6) is 5.75 Å². The van der Waals surface area contributed by atoms with Gasteiger partial charge in [-0.2, -0.15) is 0 Å². The lowest BCUT2D eigenvalue weighted by Gasteiger charge is -2.13. The van der Waals surface area contributed by atoms with Crippen molar-refractivity contribution in [3.8, 4) is 5.75 Å². The molecule has 1 amide bonds. The van der Waals surface area contributed by atoms with Crippen LogP contribution in [0, 0.1) is 0 Å². The molecule has 1 atom stereocenters. The predicted molar refractivity (Wildman–Crippen MR) is 80.4 cm³/mol. The molecule has 1 aliphatic rings. The maximum Gasteiger partial charge on any atom is 0.410 e. The van der Waals surface area contributed by atoms with Gasteiger partial charge in [-0.25, -0.2) is 9.78 Å². The van der Waals surface area contributed by atoms with E-state index in [1.54, 1.807) is 6.07 Å². The Balaban J connectivity index is 1.86. The highest BCUT2D eigenvalue weighted by atomic mass is 16.5. The van der Waals surface area contributed by atoms with Crippen LogP contribution in [0.4, 0.5) is 4.79 Å². The van der Waals surface area contributed by atoms with Gasteiger partial charge in [-0.05, 0) is 38.1 Å². The Bertz CT molecular complexity index is 652. The van der Waals surface area contributed by atoms with E-state index in [9.17, 15) is 4.79 Å². The summed E-state index contributed by atoms with van der Waals surface area (Å²) in [6.07, 6.45) is 1.46. The largest absolute Gasteiger partial charge is 0.410 e. The Morgan fingerprint density at radius 3 is 3.19 bits per heavy atom. The Morgan fingerprint density at radius 2 is 2.43 bits per heavy atom. The van der Waals surface area contributed by atoms with Crippen LogP contribution in [0.1, 0.15) is 31.5 Å². The molecule has 1 unspecified atom stereocenters. The topological polar surface area (TPSA) is 84.2 Å². The number of likely N-dealkylation sites (tertiary alicyclic amines) is 1. The summed E-state index contributed by atoms with van der Waals surface area (Å²) in [4.78, 5) is 21.4. The number of nitrogens with two attached hydrogens (primary N) is 1. The van der Waals surface area contributed by atoms with Crippen molar-refractivity contribution in [2.75, 3.05) is 19.6 Å². The maximum absolute atomic E-state index is 10.9. The molecule has 3 rings (SSSR count). The first-order chi connectivity index (χ1) is 10.2. The highest BCUT2D eigenvalue weighted by Crippen LogP contribution is 2.30. The van der Waals surface area contributed by atoms with E-state index in [4.69, 9.17) is 10.5 Å². The lowest BCUT2D eigenvalue weighted by molar-refractivity contribution is 0.211. The van der Waals surface area contributed by atoms with Crippen LogP contribution in [-0.2, 0) is 0 Å². The van der Waals surface area contributed by atoms with Gasteiger partial charge in [0.05, 0.1) is 5.52 Å². The third-order valence-electron chi connectivity index (χ3n) is 3.90. The third-order valence-corrected chi connectivity index (χ3v) is 3.90. The van der Waals surface area contributed by atoms with Crippen molar-refractivity contribution in [3.05, 3.63) is 24.0 Å². The van der Waals surface area contributed by atoms with Crippen molar-refractivity contribution in [1.29, 1.82) is 0 Å². The zero-order chi connectivity index (χ0) is 14.8. The molecule has 112 valence electrons. The van der Waals surface area contributed by atoms with Gasteiger partial charge >= 0.3 is 6.09 Å². The number of aromatic nitrogens is 2. The first-order valence-corrected chi connectivity index (χ1v) is 7.35. The quantitative estimate of drug-likeness (QED) is 0.903. The number of para-hydroxylation sites is 1. The molecule has 1 aromatic heterocycles. The molecule has 3 N–H and O–H groups in total. The molecule has 0 bridgehead atoms. The van der Waals surface area contributed by atoms with Crippen molar-refractivity contribution < 1.29 is 9.53 Å². The molecule has 2 heterocycles. The van der Waals surface area contributed by atoms with E-state index >= 15 is 0 Å². The number of H-pyrrole nitrogens is 1. The van der Waals surface area contributed by atoms with Gasteiger partial charge in [-0.15, -0.1) is 0 Å². The second-order valence-electron chi connectivity index (χ2n) is 5.48. The normalized spacial score (nSPS) is 19.2. The monoisotopic (exact) mass is 288 g/mol. The van der Waals surface area contributed by atoms with Crippen LogP contribution in [-0.4, -0.2) is 40.6 Å². The molecule has 1 saturated heterocycles. The molecule has 0 saturated carbocycles. The minimum absolute atomic E-state index is 0.408. The Morgan fingerprint density at radius 1 is 1.57 bits per heavy atom. The number of rotatable bonds is 4. The number of amides is 1. The van der Waals surface area contributed by atoms with Gasteiger partial charge in [0.25, 0.3) is 0 Å². The number of fused-ring (bicyclic) bond motifs is 1. The molecular formula is C15H20N4O2. The van der Waals surface area contributed by atoms with E-state index in [1.807, 2.05) is 12.1 Å². The number of carbonyl (C=O) groups is 1. The van der Waals surface area contributed by atoms with Crippen LogP contribution >= 0.6 is 0 Å². The van der Waals surface area contributed by atoms with Crippen LogP contribution in [0.15, 0.2) is 18.2 Å². The Hall–Kier alpha value is -2.08. The number of hydrogen-bond donors (Lipinski definition) is 2. The molecule has 1 aromatic carbocycles. The molecule has 6 nitrogen and oxygen atoms in total. The van der Waals surface area contributed by atoms with Crippen LogP contribution in [0.25, 0.3) is 11.0 Å². The van der Waals surface area contributed by atoms with Crippen molar-refractivity contribution in [3.63, 3.8) is 0 Å². The predicted octanol–water partition coefficient (Wildman–Crippen LogP) is 2.22. The summed E-state index contributed by atoms with van der Waals surface area (Å²) in [5.74, 6) is 1.78. The molecule has 21 heavy (non-hydrogen) atoms. The second-order valence-corrected chi connectivity index (χ2v) is 5.48. The van der Waals surface area contributed by atoms with Gasteiger partial charge in [0.1, 0.15) is 11.3 Å². The fourth-order valence-corrected chi connectivity index (χ4v) is 2.98. The fraction of sp³-hybridized carbons (Fsp3) is 0.467. The fourth-order valence-electron chi connectivity index (χ4n) is 2.98. The number of benzene rings is 1. The van der Waals surface area contributed by atoms with Gasteiger partial charge in [-0.1, -0.05) is 13.0 Å². The maximum atomic E-state index is 10.9. The van der Waals surface area contributed by atoms with Crippen LogP contribution in [0.3, 0.4) is 0 Å². The Kier molecular flexibility index (Phi) is 3.79. The van der Waals surface area contributed by atoms with E-state index in [1.165, 1.54) is 6.42 Å². The van der Waals surface area contributed by atoms with Gasteiger partial charge in [0, 0.05) is 12.5 Å². The average molecular weight is 288 g/mol. The lowest BCUT2D eigenvalue weighted by atomic mass is 10.1. The zero-order valence-electron chi connectivity index (χ0n) is 12.1. The molecule has 0 radical (unpaired) electrons. The first kappa shape index (κ1) is 13.9. The average Bonchev–Trinajstić information content (AvgIpc) is 3.05. The smallest absolute Gasteiger partial charge is 0.408 e. The van der Waals surface area contributed by atoms with E-state index in [0.717, 1.165) is 37.4 Å². The number of carbonyl (C=O) groups excluding carboxylic acids is 1. The van der Waals surface area contributed by atoms with Crippen molar-refractivity contribution in [2.24, 2.45) is 5.73 Å². The number of nitrogens with zero attached hydrogens (tertiary/aromatic N) is 2. The number of imidazole rings is 1. The summed E-state index contributed by atoms with van der Waals surface area (Å²) in [6.45, 7) is 5.47. The van der Waals surface area contributed by atoms with E-state index in [0.29, 0.717) is 17.2 Å². The molecule has 2 aromatic rings. The summed E-state index contributed by atoms with van der Waals surface area (Å²) in [6, 6.07) is 5.45. The minimum Gasteiger partial charge on any atom is -0.408 e. The molecule has 6 heteroatoms. The molecule has 1 fully saturated rings. The molecule has 0 aliphatic carbocycles. The number of hydrogen-bond acceptors (Lipinski definition) is 4. The summed E-state index contributed by atoms with van der Waals surface area (Å²) in [7, 11) is 0. The van der Waals surface area contributed by atoms with Gasteiger partial charge in [0.2, 0.25) is 0 Å². The van der Waals surface area contributed by atoms with E-state index < -0.39 is 6.09 Å². The minimum atomic E-state index is -0.818. The standard InChI is InChI=1S/C15H20N4O2/c1-2-7-19-8-6-10(9-19)14-17-11-4-3-5-12(13(11)18-14)21-15(16)20/h3-5,10H,2,6-9H2,1H3,(H2,16,20)(H,17,18). The summed E-state index contributed by atoms with van der Waals surface area (Å²) >= 11 is 0. The van der Waals surface area contributed by atoms with Gasteiger partial charge < -0.3 is 20.4 Å². The number of ether oxygens (including phenoxy) is 1. The van der Waals surface area contributed by atoms with Gasteiger partial charge in [-0.3, -0.25) is 0 Å². The third kappa shape index (κ3) is 2.85. The van der Waals surface area contributed by atoms with E-state index in [-0.39, 0.29) is 0 Å². The number of nitrogens with one attached hydrogen (secondary N) is 1. The molecular weight excluding hydrogens is 268 g/mol. The summed E-state index contributed by atoms with van der Waals surface area (Å²) < 4.78 is 5.01. The summed E-state index contributed by atoms with van der Waals surface area (Å²) in [5, 5.41) is 0. The van der Waals surface area contributed by atoms with Crippen LogP contribution < -0.4 is 10.5 Å². The highest BCUT2D eigenvalue weighted by Gasteiger charge is 2.26. The highest BCUT2D eigenvalue weighted by molar-refractivity contribution is 5.84. The van der Waals surface area contributed by atoms with E-state index in [2.05, 4.69) is 21.8 Å². The van der Waals surface area contributed by atoms with Crippen molar-refractivity contribution in [2.45, 2.75) is 25.7 Å². The van der Waals surface area contributed by atoms with Crippen molar-refractivity contribution >= 4 is 17.1 Å². The zero-order valence-corrected chi connectivity index (χ0v) is 12.1.